The van der Waals surface area contributed by atoms with Crippen LogP contribution in [0.4, 0.5) is 0 Å². The zero-order valence-electron chi connectivity index (χ0n) is 12.9. The first-order valence-corrected chi connectivity index (χ1v) is 8.80. The lowest BCUT2D eigenvalue weighted by Gasteiger charge is -2.18. The normalized spacial score (nSPS) is 16.8. The van der Waals surface area contributed by atoms with Crippen LogP contribution < -0.4 is 0 Å². The number of aromatic nitrogens is 1. The van der Waals surface area contributed by atoms with Gasteiger partial charge in [0.25, 0.3) is 0 Å². The monoisotopic (exact) mass is 331 g/mol. The van der Waals surface area contributed by atoms with Crippen LogP contribution in [-0.2, 0) is 9.84 Å². The van der Waals surface area contributed by atoms with E-state index in [0.717, 1.165) is 0 Å². The molecule has 1 aliphatic heterocycles. The van der Waals surface area contributed by atoms with Crippen molar-refractivity contribution in [3.8, 4) is 5.75 Å². The van der Waals surface area contributed by atoms with Crippen LogP contribution in [-0.4, -0.2) is 48.3 Å². The highest BCUT2D eigenvalue weighted by Gasteiger charge is 2.34. The Hall–Kier alpha value is -2.28. The Bertz CT molecular complexity index is 913. The highest BCUT2D eigenvalue weighted by molar-refractivity contribution is 7.93. The molecule has 0 fully saturated rings. The SMILES string of the molecule is CC1=NCCN=C(C)C1S(=O)(=O)c1ccc(O)c2ncccc12. The summed E-state index contributed by atoms with van der Waals surface area (Å²) in [4.78, 5) is 12.8. The number of hydrogen-bond acceptors (Lipinski definition) is 6. The molecular formula is C16H17N3O3S. The topological polar surface area (TPSA) is 92.0 Å². The Morgan fingerprint density at radius 2 is 1.74 bits per heavy atom. The summed E-state index contributed by atoms with van der Waals surface area (Å²) in [6, 6.07) is 6.07. The lowest BCUT2D eigenvalue weighted by Crippen LogP contribution is -2.35. The van der Waals surface area contributed by atoms with Gasteiger partial charge in [-0.15, -0.1) is 0 Å². The van der Waals surface area contributed by atoms with E-state index < -0.39 is 15.1 Å². The molecule has 1 aromatic heterocycles. The molecule has 0 radical (unpaired) electrons. The van der Waals surface area contributed by atoms with Gasteiger partial charge in [0.05, 0.1) is 18.0 Å². The van der Waals surface area contributed by atoms with Crippen LogP contribution in [0.3, 0.4) is 0 Å². The summed E-state index contributed by atoms with van der Waals surface area (Å²) in [6.45, 7) is 4.42. The number of aliphatic imine (C=N–C) groups is 2. The molecule has 2 aromatic rings. The van der Waals surface area contributed by atoms with Crippen LogP contribution in [0.2, 0.25) is 0 Å². The van der Waals surface area contributed by atoms with Gasteiger partial charge in [0, 0.05) is 23.0 Å². The Morgan fingerprint density at radius 3 is 2.39 bits per heavy atom. The number of phenols is 1. The van der Waals surface area contributed by atoms with Crippen LogP contribution in [0.15, 0.2) is 45.3 Å². The molecular weight excluding hydrogens is 314 g/mol. The Kier molecular flexibility index (Phi) is 3.89. The fourth-order valence-corrected chi connectivity index (χ4v) is 4.91. The molecule has 0 spiro atoms. The number of pyridine rings is 1. The fraction of sp³-hybridized carbons (Fsp3) is 0.312. The quantitative estimate of drug-likeness (QED) is 0.911. The van der Waals surface area contributed by atoms with E-state index in [1.807, 2.05) is 0 Å². The largest absolute Gasteiger partial charge is 0.506 e. The first-order valence-electron chi connectivity index (χ1n) is 7.25. The molecule has 1 aliphatic rings. The Morgan fingerprint density at radius 1 is 1.09 bits per heavy atom. The van der Waals surface area contributed by atoms with Crippen LogP contribution >= 0.6 is 0 Å². The van der Waals surface area contributed by atoms with Crippen molar-refractivity contribution in [2.24, 2.45) is 9.98 Å². The van der Waals surface area contributed by atoms with E-state index in [-0.39, 0.29) is 16.2 Å². The van der Waals surface area contributed by atoms with Crippen molar-refractivity contribution in [3.63, 3.8) is 0 Å². The number of benzene rings is 1. The van der Waals surface area contributed by atoms with Crippen molar-refractivity contribution >= 4 is 32.2 Å². The standard InChI is InChI=1S/C16H17N3O3S/c1-10-16(11(2)18-9-8-17-10)23(21,22)14-6-5-13(20)15-12(14)4-3-7-19-15/h3-7,16,20H,8-9H2,1-2H3. The van der Waals surface area contributed by atoms with Gasteiger partial charge in [0.2, 0.25) is 0 Å². The average Bonchev–Trinajstić information content (AvgIpc) is 2.68. The molecule has 3 rings (SSSR count). The van der Waals surface area contributed by atoms with Crippen molar-refractivity contribution in [1.29, 1.82) is 0 Å². The van der Waals surface area contributed by atoms with Gasteiger partial charge in [0.1, 0.15) is 16.5 Å². The van der Waals surface area contributed by atoms with Gasteiger partial charge in [-0.3, -0.25) is 15.0 Å². The number of hydrogen-bond donors (Lipinski definition) is 1. The second kappa shape index (κ2) is 5.73. The van der Waals surface area contributed by atoms with Gasteiger partial charge in [-0.1, -0.05) is 0 Å². The molecule has 1 aromatic carbocycles. The highest BCUT2D eigenvalue weighted by atomic mass is 32.2. The second-order valence-corrected chi connectivity index (χ2v) is 7.45. The summed E-state index contributed by atoms with van der Waals surface area (Å²) in [5.74, 6) is -0.0452. The predicted octanol–water partition coefficient (Wildman–Crippen LogP) is 2.02. The first kappa shape index (κ1) is 15.6. The summed E-state index contributed by atoms with van der Waals surface area (Å²) in [5, 5.41) is 9.44. The second-order valence-electron chi connectivity index (χ2n) is 5.45. The maximum atomic E-state index is 13.2. The number of fused-ring (bicyclic) bond motifs is 1. The van der Waals surface area contributed by atoms with Crippen molar-refractivity contribution in [3.05, 3.63) is 30.5 Å². The summed E-state index contributed by atoms with van der Waals surface area (Å²) < 4.78 is 26.4. The Labute approximate surface area is 134 Å². The number of rotatable bonds is 2. The molecule has 0 saturated heterocycles. The minimum absolute atomic E-state index is 0.0452. The molecule has 0 aliphatic carbocycles. The summed E-state index contributed by atoms with van der Waals surface area (Å²) in [5.41, 5.74) is 1.34. The molecule has 0 unspecified atom stereocenters. The summed E-state index contributed by atoms with van der Waals surface area (Å²) in [7, 11) is -3.74. The van der Waals surface area contributed by atoms with E-state index in [9.17, 15) is 13.5 Å². The lowest BCUT2D eigenvalue weighted by atomic mass is 10.2. The molecule has 0 saturated carbocycles. The van der Waals surface area contributed by atoms with Crippen molar-refractivity contribution in [2.75, 3.05) is 13.1 Å². The summed E-state index contributed by atoms with van der Waals surface area (Å²) >= 11 is 0. The maximum absolute atomic E-state index is 13.2. The van der Waals surface area contributed by atoms with E-state index in [1.54, 1.807) is 26.0 Å². The molecule has 2 heterocycles. The minimum atomic E-state index is -3.74. The van der Waals surface area contributed by atoms with Gasteiger partial charge in [-0.2, -0.15) is 0 Å². The van der Waals surface area contributed by atoms with Crippen molar-refractivity contribution in [1.82, 2.24) is 4.98 Å². The third kappa shape index (κ3) is 2.61. The number of nitrogens with zero attached hydrogens (tertiary/aromatic N) is 3. The van der Waals surface area contributed by atoms with Gasteiger partial charge in [-0.05, 0) is 38.1 Å². The van der Waals surface area contributed by atoms with Gasteiger partial charge in [0.15, 0.2) is 9.84 Å². The molecule has 1 N–H and O–H groups in total. The third-order valence-electron chi connectivity index (χ3n) is 3.91. The first-order chi connectivity index (χ1) is 10.9. The van der Waals surface area contributed by atoms with Gasteiger partial charge < -0.3 is 5.11 Å². The zero-order valence-corrected chi connectivity index (χ0v) is 13.7. The molecule has 120 valence electrons. The van der Waals surface area contributed by atoms with Crippen LogP contribution in [0.5, 0.6) is 5.75 Å². The van der Waals surface area contributed by atoms with Crippen molar-refractivity contribution < 1.29 is 13.5 Å². The third-order valence-corrected chi connectivity index (χ3v) is 6.18. The predicted molar refractivity (Wildman–Crippen MR) is 90.3 cm³/mol. The molecule has 0 amide bonds. The number of aromatic hydroxyl groups is 1. The summed E-state index contributed by atoms with van der Waals surface area (Å²) in [6.07, 6.45) is 1.52. The fourth-order valence-electron chi connectivity index (χ4n) is 2.88. The molecule has 7 heteroatoms. The van der Waals surface area contributed by atoms with Crippen LogP contribution in [0.1, 0.15) is 13.8 Å². The maximum Gasteiger partial charge on any atom is 0.192 e. The zero-order chi connectivity index (χ0) is 16.6. The van der Waals surface area contributed by atoms with E-state index in [1.165, 1.54) is 18.3 Å². The number of phenolic OH excluding ortho intramolecular Hbond substituents is 1. The molecule has 0 bridgehead atoms. The van der Waals surface area contributed by atoms with E-state index in [2.05, 4.69) is 15.0 Å². The smallest absolute Gasteiger partial charge is 0.192 e. The molecule has 23 heavy (non-hydrogen) atoms. The van der Waals surface area contributed by atoms with Crippen molar-refractivity contribution in [2.45, 2.75) is 24.0 Å². The van der Waals surface area contributed by atoms with E-state index in [4.69, 9.17) is 0 Å². The lowest BCUT2D eigenvalue weighted by molar-refractivity contribution is 0.480. The highest BCUT2D eigenvalue weighted by Crippen LogP contribution is 2.31. The molecule has 0 atom stereocenters. The van der Waals surface area contributed by atoms with E-state index >= 15 is 0 Å². The van der Waals surface area contributed by atoms with Gasteiger partial charge in [-0.25, -0.2) is 8.42 Å². The Balaban J connectivity index is 2.27. The van der Waals surface area contributed by atoms with E-state index in [0.29, 0.717) is 29.9 Å². The average molecular weight is 331 g/mol. The van der Waals surface area contributed by atoms with Crippen LogP contribution in [0.25, 0.3) is 10.9 Å². The van der Waals surface area contributed by atoms with Gasteiger partial charge >= 0.3 is 0 Å². The number of sulfone groups is 1. The molecule has 6 nitrogen and oxygen atoms in total. The van der Waals surface area contributed by atoms with Crippen LogP contribution in [0, 0.1) is 0 Å². The minimum Gasteiger partial charge on any atom is -0.506 e.